The zero-order valence-corrected chi connectivity index (χ0v) is 17.5. The van der Waals surface area contributed by atoms with Gasteiger partial charge in [-0.3, -0.25) is 4.79 Å². The Morgan fingerprint density at radius 2 is 1.71 bits per heavy atom. The number of benzene rings is 2. The number of halogens is 4. The van der Waals surface area contributed by atoms with Crippen molar-refractivity contribution in [3.05, 3.63) is 64.9 Å². The predicted octanol–water partition coefficient (Wildman–Crippen LogP) is 4.25. The molecule has 3 aromatic rings. The van der Waals surface area contributed by atoms with Crippen molar-refractivity contribution >= 4 is 38.5 Å². The van der Waals surface area contributed by atoms with E-state index in [0.717, 1.165) is 22.5 Å². The first-order chi connectivity index (χ1) is 14.6. The van der Waals surface area contributed by atoms with E-state index < -0.39 is 32.6 Å². The summed E-state index contributed by atoms with van der Waals surface area (Å²) < 4.78 is 71.0. The van der Waals surface area contributed by atoms with Gasteiger partial charge in [-0.2, -0.15) is 17.5 Å². The fourth-order valence-corrected chi connectivity index (χ4v) is 5.04. The number of rotatable bonds is 3. The number of piperazine rings is 1. The highest BCUT2D eigenvalue weighted by Gasteiger charge is 2.35. The summed E-state index contributed by atoms with van der Waals surface area (Å²) in [7, 11) is -4.13. The van der Waals surface area contributed by atoms with Crippen molar-refractivity contribution in [2.75, 3.05) is 26.2 Å². The highest BCUT2D eigenvalue weighted by atomic mass is 35.5. The summed E-state index contributed by atoms with van der Waals surface area (Å²) in [5, 5.41) is 1.17. The molecule has 31 heavy (non-hydrogen) atoms. The van der Waals surface area contributed by atoms with E-state index in [4.69, 9.17) is 16.0 Å². The zero-order chi connectivity index (χ0) is 22.4. The minimum absolute atomic E-state index is 0.0453. The van der Waals surface area contributed by atoms with E-state index in [-0.39, 0.29) is 31.9 Å². The SMILES string of the molecule is O=C(c1cc2cc(Cl)ccc2o1)N1CCN(S(=O)(=O)c2cccc(C(F)(F)F)c2)CC1. The van der Waals surface area contributed by atoms with Gasteiger partial charge in [0.05, 0.1) is 10.5 Å². The standard InChI is InChI=1S/C20H16ClF3N2O4S/c21-15-4-5-17-13(10-15)11-18(30-17)19(27)25-6-8-26(9-7-25)31(28,29)16-3-1-2-14(12-16)20(22,23)24/h1-5,10-12H,6-9H2. The van der Waals surface area contributed by atoms with Crippen molar-refractivity contribution in [1.29, 1.82) is 0 Å². The highest BCUT2D eigenvalue weighted by molar-refractivity contribution is 7.89. The van der Waals surface area contributed by atoms with Gasteiger partial charge in [0.25, 0.3) is 5.91 Å². The van der Waals surface area contributed by atoms with Crippen LogP contribution in [0.4, 0.5) is 13.2 Å². The van der Waals surface area contributed by atoms with Crippen molar-refractivity contribution in [3.8, 4) is 0 Å². The molecule has 1 aromatic heterocycles. The molecule has 164 valence electrons. The molecule has 2 aromatic carbocycles. The Balaban J connectivity index is 1.48. The molecule has 6 nitrogen and oxygen atoms in total. The van der Waals surface area contributed by atoms with Crippen molar-refractivity contribution in [2.45, 2.75) is 11.1 Å². The average Bonchev–Trinajstić information content (AvgIpc) is 3.16. The van der Waals surface area contributed by atoms with Gasteiger partial charge in [-0.05, 0) is 42.5 Å². The van der Waals surface area contributed by atoms with Gasteiger partial charge in [0.15, 0.2) is 5.76 Å². The van der Waals surface area contributed by atoms with E-state index in [9.17, 15) is 26.4 Å². The van der Waals surface area contributed by atoms with Gasteiger partial charge in [0, 0.05) is 36.6 Å². The molecule has 0 atom stereocenters. The first-order valence-corrected chi connectivity index (χ1v) is 11.0. The first-order valence-electron chi connectivity index (χ1n) is 9.21. The summed E-state index contributed by atoms with van der Waals surface area (Å²) in [5.74, 6) is -0.296. The lowest BCUT2D eigenvalue weighted by Crippen LogP contribution is -2.50. The summed E-state index contributed by atoms with van der Waals surface area (Å²) in [6.45, 7) is 0.0659. The molecule has 0 saturated carbocycles. The molecule has 4 rings (SSSR count). The normalized spacial score (nSPS) is 16.1. The van der Waals surface area contributed by atoms with Gasteiger partial charge in [0.1, 0.15) is 5.58 Å². The number of nitrogens with zero attached hydrogens (tertiary/aromatic N) is 2. The van der Waals surface area contributed by atoms with E-state index >= 15 is 0 Å². The van der Waals surface area contributed by atoms with Crippen LogP contribution in [0.15, 0.2) is 57.8 Å². The van der Waals surface area contributed by atoms with E-state index in [1.54, 1.807) is 24.3 Å². The fraction of sp³-hybridized carbons (Fsp3) is 0.250. The number of fused-ring (bicyclic) bond motifs is 1. The smallest absolute Gasteiger partial charge is 0.416 e. The molecule has 1 aliphatic heterocycles. The molecule has 1 aliphatic rings. The molecule has 0 radical (unpaired) electrons. The average molecular weight is 473 g/mol. The predicted molar refractivity (Wildman–Crippen MR) is 107 cm³/mol. The molecule has 1 saturated heterocycles. The summed E-state index contributed by atoms with van der Waals surface area (Å²) >= 11 is 5.94. The van der Waals surface area contributed by atoms with Crippen LogP contribution in [-0.2, 0) is 16.2 Å². The third kappa shape index (κ3) is 4.28. The summed E-state index contributed by atoms with van der Waals surface area (Å²) in [6.07, 6.45) is -4.65. The lowest BCUT2D eigenvalue weighted by Gasteiger charge is -2.33. The highest BCUT2D eigenvalue weighted by Crippen LogP contribution is 2.31. The third-order valence-electron chi connectivity index (χ3n) is 5.01. The van der Waals surface area contributed by atoms with Crippen molar-refractivity contribution in [2.24, 2.45) is 0 Å². The molecule has 0 spiro atoms. The summed E-state index contributed by atoms with van der Waals surface area (Å²) in [5.41, 5.74) is -0.536. The Kier molecular flexibility index (Phi) is 5.48. The molecule has 1 fully saturated rings. The van der Waals surface area contributed by atoms with Crippen LogP contribution in [-0.4, -0.2) is 49.7 Å². The Labute approximate surface area is 180 Å². The van der Waals surface area contributed by atoms with Gasteiger partial charge >= 0.3 is 6.18 Å². The van der Waals surface area contributed by atoms with Gasteiger partial charge in [-0.15, -0.1) is 0 Å². The second-order valence-electron chi connectivity index (χ2n) is 7.01. The Morgan fingerprint density at radius 1 is 1.00 bits per heavy atom. The van der Waals surface area contributed by atoms with Crippen LogP contribution in [0, 0.1) is 0 Å². The van der Waals surface area contributed by atoms with Crippen molar-refractivity contribution in [3.63, 3.8) is 0 Å². The minimum Gasteiger partial charge on any atom is -0.451 e. The lowest BCUT2D eigenvalue weighted by molar-refractivity contribution is -0.137. The van der Waals surface area contributed by atoms with Crippen LogP contribution in [0.3, 0.4) is 0 Å². The second-order valence-corrected chi connectivity index (χ2v) is 9.39. The van der Waals surface area contributed by atoms with Crippen LogP contribution in [0.2, 0.25) is 5.02 Å². The molecular weight excluding hydrogens is 457 g/mol. The molecule has 0 aliphatic carbocycles. The number of sulfonamides is 1. The maximum absolute atomic E-state index is 12.9. The zero-order valence-electron chi connectivity index (χ0n) is 15.9. The Morgan fingerprint density at radius 3 is 2.39 bits per heavy atom. The summed E-state index contributed by atoms with van der Waals surface area (Å²) in [6, 6.07) is 10.1. The number of alkyl halides is 3. The van der Waals surface area contributed by atoms with Crippen LogP contribution in [0.1, 0.15) is 16.1 Å². The van der Waals surface area contributed by atoms with E-state index in [1.165, 1.54) is 4.90 Å². The minimum atomic E-state index is -4.65. The van der Waals surface area contributed by atoms with E-state index in [1.807, 2.05) is 0 Å². The third-order valence-corrected chi connectivity index (χ3v) is 7.14. The Hall–Kier alpha value is -2.56. The quantitative estimate of drug-likeness (QED) is 0.571. The Bertz CT molecular complexity index is 1250. The van der Waals surface area contributed by atoms with Gasteiger partial charge in [-0.25, -0.2) is 8.42 Å². The van der Waals surface area contributed by atoms with Gasteiger partial charge in [-0.1, -0.05) is 17.7 Å². The van der Waals surface area contributed by atoms with Crippen molar-refractivity contribution in [1.82, 2.24) is 9.21 Å². The number of furan rings is 1. The van der Waals surface area contributed by atoms with Crippen LogP contribution in [0.5, 0.6) is 0 Å². The van der Waals surface area contributed by atoms with Gasteiger partial charge in [0.2, 0.25) is 10.0 Å². The fourth-order valence-electron chi connectivity index (χ4n) is 3.39. The molecule has 0 unspecified atom stereocenters. The molecule has 1 amide bonds. The van der Waals surface area contributed by atoms with Crippen LogP contribution < -0.4 is 0 Å². The molecule has 11 heteroatoms. The maximum atomic E-state index is 12.9. The van der Waals surface area contributed by atoms with Crippen molar-refractivity contribution < 1.29 is 30.8 Å². The van der Waals surface area contributed by atoms with Crippen LogP contribution >= 0.6 is 11.6 Å². The molecule has 0 bridgehead atoms. The molecule has 2 heterocycles. The number of carbonyl (C=O) groups excluding carboxylic acids is 1. The number of hydrogen-bond acceptors (Lipinski definition) is 4. The molecule has 0 N–H and O–H groups in total. The van der Waals surface area contributed by atoms with Crippen LogP contribution in [0.25, 0.3) is 11.0 Å². The second kappa shape index (κ2) is 7.85. The number of hydrogen-bond donors (Lipinski definition) is 0. The number of amides is 1. The van der Waals surface area contributed by atoms with Gasteiger partial charge < -0.3 is 9.32 Å². The maximum Gasteiger partial charge on any atom is 0.416 e. The number of carbonyl (C=O) groups is 1. The van der Waals surface area contributed by atoms with E-state index in [0.29, 0.717) is 22.1 Å². The lowest BCUT2D eigenvalue weighted by atomic mass is 10.2. The summed E-state index contributed by atoms with van der Waals surface area (Å²) in [4.78, 5) is 13.7. The van der Waals surface area contributed by atoms with E-state index in [2.05, 4.69) is 0 Å². The largest absolute Gasteiger partial charge is 0.451 e. The topological polar surface area (TPSA) is 70.8 Å². The first kappa shape index (κ1) is 21.7. The molecular formula is C20H16ClF3N2O4S. The monoisotopic (exact) mass is 472 g/mol.